The van der Waals surface area contributed by atoms with Crippen molar-refractivity contribution in [3.8, 4) is 0 Å². The largest absolute Gasteiger partial charge is 0.478 e. The Balaban J connectivity index is 0.000000248. The summed E-state index contributed by atoms with van der Waals surface area (Å²) in [5.41, 5.74) is -0.179. The van der Waals surface area contributed by atoms with Gasteiger partial charge in [0.05, 0.1) is 5.69 Å². The van der Waals surface area contributed by atoms with Crippen LogP contribution in [0.25, 0.3) is 12.2 Å². The third-order valence-electron chi connectivity index (χ3n) is 3.17. The molecule has 0 unspecified atom stereocenters. The monoisotopic (exact) mass is 575 g/mol. The first-order chi connectivity index (χ1) is 14.2. The maximum absolute atomic E-state index is 13.3. The molecule has 0 bridgehead atoms. The summed E-state index contributed by atoms with van der Waals surface area (Å²) in [5.74, 6) is -3.50. The Morgan fingerprint density at radius 1 is 0.967 bits per heavy atom. The fourth-order valence-electron chi connectivity index (χ4n) is 1.92. The first kappa shape index (κ1) is 24.1. The Morgan fingerprint density at radius 3 is 2.03 bits per heavy atom. The number of rotatable bonds is 5. The number of carboxylic acid groups (broad SMARTS) is 1. The molecule has 4 nitrogen and oxygen atoms in total. The van der Waals surface area contributed by atoms with E-state index >= 15 is 0 Å². The van der Waals surface area contributed by atoms with Crippen molar-refractivity contribution in [3.05, 3.63) is 83.6 Å². The predicted octanol–water partition coefficient (Wildman–Crippen LogP) is 7.05. The lowest BCUT2D eigenvalue weighted by Gasteiger charge is -2.03. The quantitative estimate of drug-likeness (QED) is 0.320. The number of hydrogen-bond donors (Lipinski definition) is 2. The van der Waals surface area contributed by atoms with E-state index in [9.17, 15) is 18.4 Å². The van der Waals surface area contributed by atoms with E-state index < -0.39 is 23.5 Å². The Hall–Kier alpha value is -2.14. The van der Waals surface area contributed by atoms with Crippen molar-refractivity contribution in [2.75, 3.05) is 5.32 Å². The van der Waals surface area contributed by atoms with Crippen molar-refractivity contribution in [1.29, 1.82) is 0 Å². The molecule has 0 aliphatic carbocycles. The smallest absolute Gasteiger partial charge is 0.328 e. The summed E-state index contributed by atoms with van der Waals surface area (Å²) in [6, 6.07) is 7.32. The van der Waals surface area contributed by atoms with Gasteiger partial charge in [0.25, 0.3) is 0 Å². The highest BCUT2D eigenvalue weighted by Gasteiger charge is 2.08. The van der Waals surface area contributed by atoms with Gasteiger partial charge < -0.3 is 10.4 Å². The van der Waals surface area contributed by atoms with E-state index in [4.69, 9.17) is 5.11 Å². The maximum Gasteiger partial charge on any atom is 0.328 e. The zero-order chi connectivity index (χ0) is 22.1. The number of benzene rings is 1. The summed E-state index contributed by atoms with van der Waals surface area (Å²) in [4.78, 5) is 23.5. The minimum atomic E-state index is -1.07. The maximum atomic E-state index is 13.3. The molecule has 156 valence electrons. The summed E-state index contributed by atoms with van der Waals surface area (Å²) in [6.07, 6.45) is 5.56. The van der Waals surface area contributed by atoms with E-state index in [1.807, 2.05) is 22.9 Å². The number of anilines is 1. The van der Waals surface area contributed by atoms with Crippen molar-refractivity contribution in [3.63, 3.8) is 0 Å². The van der Waals surface area contributed by atoms with E-state index in [2.05, 4.69) is 37.2 Å². The van der Waals surface area contributed by atoms with Gasteiger partial charge in [-0.25, -0.2) is 13.6 Å². The van der Waals surface area contributed by atoms with Crippen LogP contribution in [0.2, 0.25) is 0 Å². The molecule has 0 saturated heterocycles. The Kier molecular flexibility index (Phi) is 9.57. The van der Waals surface area contributed by atoms with Gasteiger partial charge in [-0.1, -0.05) is 6.07 Å². The van der Waals surface area contributed by atoms with Crippen LogP contribution in [0.15, 0.2) is 62.2 Å². The number of halogens is 4. The normalized spacial score (nSPS) is 10.8. The van der Waals surface area contributed by atoms with Crippen molar-refractivity contribution < 1.29 is 23.5 Å². The van der Waals surface area contributed by atoms with Gasteiger partial charge in [0.1, 0.15) is 0 Å². The van der Waals surface area contributed by atoms with E-state index in [-0.39, 0.29) is 5.69 Å². The first-order valence-electron chi connectivity index (χ1n) is 8.06. The molecule has 0 atom stereocenters. The van der Waals surface area contributed by atoms with Crippen molar-refractivity contribution in [2.45, 2.75) is 0 Å². The van der Waals surface area contributed by atoms with Gasteiger partial charge in [-0.3, -0.25) is 4.79 Å². The van der Waals surface area contributed by atoms with Crippen LogP contribution in [0.3, 0.4) is 0 Å². The zero-order valence-electron chi connectivity index (χ0n) is 14.9. The van der Waals surface area contributed by atoms with Crippen LogP contribution in [-0.4, -0.2) is 17.0 Å². The molecule has 1 aromatic carbocycles. The van der Waals surface area contributed by atoms with Crippen LogP contribution < -0.4 is 5.32 Å². The van der Waals surface area contributed by atoms with Gasteiger partial charge in [-0.2, -0.15) is 0 Å². The average Bonchev–Trinajstić information content (AvgIpc) is 3.30. The summed E-state index contributed by atoms with van der Waals surface area (Å²) >= 11 is 9.51. The number of hydrogen-bond acceptors (Lipinski definition) is 4. The number of nitrogens with one attached hydrogen (secondary N) is 1. The Labute approximate surface area is 195 Å². The number of carboxylic acids is 1. The number of amides is 1. The second-order valence-electron chi connectivity index (χ2n) is 5.43. The average molecular weight is 577 g/mol. The van der Waals surface area contributed by atoms with Gasteiger partial charge in [-0.05, 0) is 68.3 Å². The lowest BCUT2D eigenvalue weighted by Crippen LogP contribution is -2.09. The lowest BCUT2D eigenvalue weighted by atomic mass is 10.3. The molecule has 0 radical (unpaired) electrons. The van der Waals surface area contributed by atoms with Crippen LogP contribution in [0.4, 0.5) is 14.5 Å². The second-order valence-corrected chi connectivity index (χ2v) is 9.15. The highest BCUT2D eigenvalue weighted by atomic mass is 79.9. The Morgan fingerprint density at radius 2 is 1.53 bits per heavy atom. The highest BCUT2D eigenvalue weighted by Crippen LogP contribution is 2.22. The minimum absolute atomic E-state index is 0.179. The standard InChI is InChI=1S/C13H8BrF2NOS.C7H5BrO2S/c14-8-6-9(19-7-8)4-5-12(18)17-11-3-1-2-10(15)13(11)16;8-5-3-6(11-4-5)1-2-7(9)10/h1-7H,(H,17,18);1-4H,(H,9,10). The van der Waals surface area contributed by atoms with Crippen LogP contribution in [0.5, 0.6) is 0 Å². The summed E-state index contributed by atoms with van der Waals surface area (Å²) in [5, 5.41) is 14.4. The molecule has 10 heteroatoms. The number of thiophene rings is 2. The molecule has 30 heavy (non-hydrogen) atoms. The van der Waals surface area contributed by atoms with Crippen LogP contribution in [0, 0.1) is 11.6 Å². The van der Waals surface area contributed by atoms with Gasteiger partial charge in [0.2, 0.25) is 5.91 Å². The zero-order valence-corrected chi connectivity index (χ0v) is 19.7. The van der Waals surface area contributed by atoms with Crippen molar-refractivity contribution in [1.82, 2.24) is 0 Å². The molecule has 2 N–H and O–H groups in total. The first-order valence-corrected chi connectivity index (χ1v) is 11.4. The molecule has 1 amide bonds. The number of carbonyl (C=O) groups is 2. The topological polar surface area (TPSA) is 66.4 Å². The molecule has 0 aliphatic heterocycles. The van der Waals surface area contributed by atoms with Gasteiger partial charge in [-0.15, -0.1) is 22.7 Å². The predicted molar refractivity (Wildman–Crippen MR) is 125 cm³/mol. The molecular formula is C20H13Br2F2NO3S2. The summed E-state index contributed by atoms with van der Waals surface area (Å²) < 4.78 is 28.1. The molecule has 3 aromatic rings. The summed E-state index contributed by atoms with van der Waals surface area (Å²) in [7, 11) is 0. The molecule has 0 saturated carbocycles. The van der Waals surface area contributed by atoms with Gasteiger partial charge in [0.15, 0.2) is 11.6 Å². The SMILES string of the molecule is O=C(C=Cc1cc(Br)cs1)Nc1cccc(F)c1F.O=C(O)C=Cc1cc(Br)cs1. The molecular weight excluding hydrogens is 564 g/mol. The van der Waals surface area contributed by atoms with E-state index in [0.29, 0.717) is 0 Å². The van der Waals surface area contributed by atoms with Gasteiger partial charge >= 0.3 is 5.97 Å². The molecule has 3 rings (SSSR count). The molecule has 0 fully saturated rings. The van der Waals surface area contributed by atoms with Gasteiger partial charge in [0, 0.05) is 41.6 Å². The van der Waals surface area contributed by atoms with Crippen LogP contribution >= 0.6 is 54.5 Å². The summed E-state index contributed by atoms with van der Waals surface area (Å²) in [6.45, 7) is 0. The van der Waals surface area contributed by atoms with Crippen LogP contribution in [-0.2, 0) is 9.59 Å². The fourth-order valence-corrected chi connectivity index (χ4v) is 4.59. The second kappa shape index (κ2) is 11.9. The minimum Gasteiger partial charge on any atom is -0.478 e. The van der Waals surface area contributed by atoms with Crippen LogP contribution in [0.1, 0.15) is 9.75 Å². The molecule has 2 heterocycles. The van der Waals surface area contributed by atoms with E-state index in [1.54, 1.807) is 12.2 Å². The third kappa shape index (κ3) is 8.31. The molecule has 2 aromatic heterocycles. The highest BCUT2D eigenvalue weighted by molar-refractivity contribution is 9.10. The fraction of sp³-hybridized carbons (Fsp3) is 0. The Bertz CT molecular complexity index is 1090. The lowest BCUT2D eigenvalue weighted by molar-refractivity contribution is -0.131. The van der Waals surface area contributed by atoms with E-state index in [0.717, 1.165) is 30.8 Å². The number of carbonyl (C=O) groups excluding carboxylic acids is 1. The van der Waals surface area contributed by atoms with Crippen molar-refractivity contribution in [2.24, 2.45) is 0 Å². The third-order valence-corrected chi connectivity index (χ3v) is 6.49. The number of aliphatic carboxylic acids is 1. The molecule has 0 spiro atoms. The molecule has 0 aliphatic rings. The van der Waals surface area contributed by atoms with E-state index in [1.165, 1.54) is 40.9 Å². The van der Waals surface area contributed by atoms with Crippen molar-refractivity contribution >= 4 is 84.2 Å².